The van der Waals surface area contributed by atoms with Gasteiger partial charge in [0.25, 0.3) is 0 Å². The molecule has 3 rings (SSSR count). The number of nitrogens with zero attached hydrogens (tertiary/aromatic N) is 1. The van der Waals surface area contributed by atoms with Crippen LogP contribution in [-0.2, 0) is 21.2 Å². The van der Waals surface area contributed by atoms with Crippen molar-refractivity contribution >= 4 is 32.4 Å². The fourth-order valence-corrected chi connectivity index (χ4v) is 6.79. The zero-order valence-corrected chi connectivity index (χ0v) is 25.4. The Kier molecular flexibility index (Phi) is 12.6. The lowest BCUT2D eigenvalue weighted by Crippen LogP contribution is -2.47. The first-order chi connectivity index (χ1) is 19.7. The summed E-state index contributed by atoms with van der Waals surface area (Å²) in [6.07, 6.45) is 3.52. The molecular formula is C32H46N4O4S. The van der Waals surface area contributed by atoms with Crippen LogP contribution in [0.25, 0.3) is 10.8 Å². The van der Waals surface area contributed by atoms with E-state index < -0.39 is 16.1 Å². The predicted octanol–water partition coefficient (Wildman–Crippen LogP) is 4.33. The Hall–Kier alpha value is -2.98. The predicted molar refractivity (Wildman–Crippen MR) is 167 cm³/mol. The summed E-state index contributed by atoms with van der Waals surface area (Å²) in [5, 5.41) is 19.0. The van der Waals surface area contributed by atoms with E-state index in [1.807, 2.05) is 32.0 Å². The van der Waals surface area contributed by atoms with E-state index in [0.717, 1.165) is 35.7 Å². The van der Waals surface area contributed by atoms with Crippen LogP contribution in [0.2, 0.25) is 0 Å². The number of aliphatic hydroxyl groups excluding tert-OH is 1. The summed E-state index contributed by atoms with van der Waals surface area (Å²) in [5.41, 5.74) is 7.35. The molecule has 0 heterocycles. The van der Waals surface area contributed by atoms with Crippen molar-refractivity contribution in [3.63, 3.8) is 0 Å². The molecule has 0 spiro atoms. The van der Waals surface area contributed by atoms with Crippen molar-refractivity contribution < 1.29 is 18.3 Å². The molecule has 3 aromatic rings. The minimum atomic E-state index is -3.84. The van der Waals surface area contributed by atoms with Crippen molar-refractivity contribution in [2.24, 2.45) is 5.92 Å². The number of benzene rings is 3. The van der Waals surface area contributed by atoms with Crippen molar-refractivity contribution in [3.8, 4) is 0 Å². The standard InChI is InChI=1S/C32H46N4O4S/c1-4-5-19-34-31(21-26-12-8-11-25-10-6-7-14-30(25)26)32(38)35-20-9-13-28(23-37)36(22-24(2)3)41(39,40)29-17-15-27(33)16-18-29/h6-8,10-12,14-18,24,28,31,34,37H,4-5,9,13,19-23,33H2,1-3H3,(H,35,38). The molecule has 0 aliphatic heterocycles. The van der Waals surface area contributed by atoms with Gasteiger partial charge in [-0.25, -0.2) is 8.42 Å². The van der Waals surface area contributed by atoms with Crippen LogP contribution in [0.1, 0.15) is 52.0 Å². The smallest absolute Gasteiger partial charge is 0.243 e. The summed E-state index contributed by atoms with van der Waals surface area (Å²) < 4.78 is 28.4. The van der Waals surface area contributed by atoms with Crippen molar-refractivity contribution in [3.05, 3.63) is 72.3 Å². The van der Waals surface area contributed by atoms with E-state index in [1.165, 1.54) is 16.4 Å². The molecule has 3 aromatic carbocycles. The lowest BCUT2D eigenvalue weighted by atomic mass is 9.98. The molecule has 2 atom stereocenters. The summed E-state index contributed by atoms with van der Waals surface area (Å²) in [5.74, 6) is -0.0144. The Balaban J connectivity index is 1.65. The molecule has 0 aromatic heterocycles. The molecule has 0 aliphatic carbocycles. The number of nitrogen functional groups attached to an aromatic ring is 1. The molecule has 0 aliphatic rings. The average Bonchev–Trinajstić information content (AvgIpc) is 2.96. The van der Waals surface area contributed by atoms with E-state index in [0.29, 0.717) is 31.5 Å². The number of hydrogen-bond donors (Lipinski definition) is 4. The molecule has 8 nitrogen and oxygen atoms in total. The van der Waals surface area contributed by atoms with Crippen molar-refractivity contribution in [2.45, 2.75) is 69.9 Å². The summed E-state index contributed by atoms with van der Waals surface area (Å²) in [6.45, 7) is 7.11. The molecule has 1 amide bonds. The number of hydrogen-bond acceptors (Lipinski definition) is 6. The number of rotatable bonds is 17. The Morgan fingerprint density at radius 3 is 2.37 bits per heavy atom. The molecule has 9 heteroatoms. The maximum Gasteiger partial charge on any atom is 0.243 e. The minimum absolute atomic E-state index is 0.0660. The molecule has 224 valence electrons. The number of nitrogens with one attached hydrogen (secondary N) is 2. The van der Waals surface area contributed by atoms with Crippen LogP contribution < -0.4 is 16.4 Å². The summed E-state index contributed by atoms with van der Waals surface area (Å²) in [7, 11) is -3.84. The molecule has 5 N–H and O–H groups in total. The Morgan fingerprint density at radius 1 is 0.976 bits per heavy atom. The van der Waals surface area contributed by atoms with Gasteiger partial charge in [-0.2, -0.15) is 4.31 Å². The number of aliphatic hydroxyl groups is 1. The maximum absolute atomic E-state index is 13.5. The van der Waals surface area contributed by atoms with Gasteiger partial charge in [0.15, 0.2) is 0 Å². The molecule has 41 heavy (non-hydrogen) atoms. The van der Waals surface area contributed by atoms with Crippen molar-refractivity contribution in [1.29, 1.82) is 0 Å². The van der Waals surface area contributed by atoms with Crippen LogP contribution in [0.4, 0.5) is 5.69 Å². The van der Waals surface area contributed by atoms with Gasteiger partial charge in [-0.3, -0.25) is 4.79 Å². The highest BCUT2D eigenvalue weighted by Crippen LogP contribution is 2.23. The third-order valence-electron chi connectivity index (χ3n) is 7.20. The molecule has 2 unspecified atom stereocenters. The maximum atomic E-state index is 13.5. The molecule has 0 saturated carbocycles. The van der Waals surface area contributed by atoms with Crippen LogP contribution in [0.15, 0.2) is 71.6 Å². The molecule has 0 bridgehead atoms. The van der Waals surface area contributed by atoms with Gasteiger partial charge in [0.05, 0.1) is 17.5 Å². The van der Waals surface area contributed by atoms with E-state index in [9.17, 15) is 18.3 Å². The molecule has 0 radical (unpaired) electrons. The number of fused-ring (bicyclic) bond motifs is 1. The zero-order chi connectivity index (χ0) is 29.8. The number of sulfonamides is 1. The number of carbonyl (C=O) groups excluding carboxylic acids is 1. The normalized spacial score (nSPS) is 13.5. The highest BCUT2D eigenvalue weighted by Gasteiger charge is 2.31. The van der Waals surface area contributed by atoms with Gasteiger partial charge in [0, 0.05) is 24.8 Å². The van der Waals surface area contributed by atoms with E-state index in [-0.39, 0.29) is 35.9 Å². The topological polar surface area (TPSA) is 125 Å². The summed E-state index contributed by atoms with van der Waals surface area (Å²) in [4.78, 5) is 13.5. The van der Waals surface area contributed by atoms with Gasteiger partial charge in [0.2, 0.25) is 15.9 Å². The lowest BCUT2D eigenvalue weighted by molar-refractivity contribution is -0.123. The second-order valence-corrected chi connectivity index (χ2v) is 12.9. The van der Waals surface area contributed by atoms with E-state index in [2.05, 4.69) is 41.8 Å². The fourth-order valence-electron chi connectivity index (χ4n) is 4.98. The Morgan fingerprint density at radius 2 is 1.68 bits per heavy atom. The van der Waals surface area contributed by atoms with E-state index in [4.69, 9.17) is 5.73 Å². The number of unbranched alkanes of at least 4 members (excludes halogenated alkanes) is 1. The number of amides is 1. The zero-order valence-electron chi connectivity index (χ0n) is 24.6. The van der Waals surface area contributed by atoms with Crippen molar-refractivity contribution in [2.75, 3.05) is 32.0 Å². The largest absolute Gasteiger partial charge is 0.399 e. The highest BCUT2D eigenvalue weighted by molar-refractivity contribution is 7.89. The average molecular weight is 583 g/mol. The van der Waals surface area contributed by atoms with Crippen LogP contribution in [0.5, 0.6) is 0 Å². The molecule has 0 saturated heterocycles. The SMILES string of the molecule is CCCCNC(Cc1cccc2ccccc12)C(=O)NCCCC(CO)N(CC(C)C)S(=O)(=O)c1ccc(N)cc1. The van der Waals surface area contributed by atoms with Crippen LogP contribution in [0.3, 0.4) is 0 Å². The van der Waals surface area contributed by atoms with Gasteiger partial charge < -0.3 is 21.5 Å². The molecular weight excluding hydrogens is 536 g/mol. The van der Waals surface area contributed by atoms with Gasteiger partial charge in [-0.1, -0.05) is 69.7 Å². The number of carbonyl (C=O) groups is 1. The van der Waals surface area contributed by atoms with Crippen LogP contribution >= 0.6 is 0 Å². The number of nitrogens with two attached hydrogens (primary N) is 1. The van der Waals surface area contributed by atoms with Crippen molar-refractivity contribution in [1.82, 2.24) is 14.9 Å². The third-order valence-corrected chi connectivity index (χ3v) is 9.14. The number of anilines is 1. The second kappa shape index (κ2) is 15.9. The van der Waals surface area contributed by atoms with E-state index >= 15 is 0 Å². The minimum Gasteiger partial charge on any atom is -0.399 e. The summed E-state index contributed by atoms with van der Waals surface area (Å²) >= 11 is 0. The highest BCUT2D eigenvalue weighted by atomic mass is 32.2. The van der Waals surface area contributed by atoms with Gasteiger partial charge >= 0.3 is 0 Å². The summed E-state index contributed by atoms with van der Waals surface area (Å²) in [6, 6.07) is 19.5. The molecule has 0 fully saturated rings. The monoisotopic (exact) mass is 582 g/mol. The Bertz CT molecular complexity index is 1340. The first-order valence-electron chi connectivity index (χ1n) is 14.6. The third kappa shape index (κ3) is 9.26. The van der Waals surface area contributed by atoms with E-state index in [1.54, 1.807) is 12.1 Å². The fraction of sp³-hybridized carbons (Fsp3) is 0.469. The second-order valence-electron chi connectivity index (χ2n) is 11.0. The van der Waals surface area contributed by atoms with Crippen LogP contribution in [-0.4, -0.2) is 62.1 Å². The first kappa shape index (κ1) is 32.5. The van der Waals surface area contributed by atoms with Gasteiger partial charge in [-0.05, 0) is 78.7 Å². The lowest BCUT2D eigenvalue weighted by Gasteiger charge is -2.31. The van der Waals surface area contributed by atoms with Gasteiger partial charge in [0.1, 0.15) is 0 Å². The quantitative estimate of drug-likeness (QED) is 0.139. The first-order valence-corrected chi connectivity index (χ1v) is 16.1. The van der Waals surface area contributed by atoms with Gasteiger partial charge in [-0.15, -0.1) is 0 Å². The Labute approximate surface area is 245 Å². The van der Waals surface area contributed by atoms with Crippen LogP contribution in [0, 0.1) is 5.92 Å².